The number of carbonyl (C=O) groups is 2. The van der Waals surface area contributed by atoms with Crippen molar-refractivity contribution in [1.82, 2.24) is 10.2 Å². The Kier molecular flexibility index (Phi) is 9.69. The monoisotopic (exact) mass is 573 g/mol. The van der Waals surface area contributed by atoms with Gasteiger partial charge in [0.15, 0.2) is 0 Å². The summed E-state index contributed by atoms with van der Waals surface area (Å²) in [5.41, 5.74) is -0.708. The maximum atomic E-state index is 13.6. The van der Waals surface area contributed by atoms with Gasteiger partial charge in [-0.3, -0.25) is 13.9 Å². The van der Waals surface area contributed by atoms with Crippen LogP contribution >= 0.6 is 11.6 Å². The standard InChI is InChI=1S/C26H31ClF3N3O4S/c1-18(25(35)31-22-8-4-3-5-9-22)32(16-19-11-13-21(27)14-12-19)24(34)17-33(38(2,36)37)23-10-6-7-20(15-23)26(28,29)30/h6-7,10-15,18,22H,3-5,8-9,16-17H2,1-2H3,(H,31,35)/t18-/m0/s1. The van der Waals surface area contributed by atoms with E-state index in [-0.39, 0.29) is 24.2 Å². The second-order valence-corrected chi connectivity index (χ2v) is 11.8. The van der Waals surface area contributed by atoms with E-state index in [1.165, 1.54) is 11.0 Å². The van der Waals surface area contributed by atoms with E-state index in [2.05, 4.69) is 5.32 Å². The Balaban J connectivity index is 1.90. The van der Waals surface area contributed by atoms with E-state index in [1.54, 1.807) is 31.2 Å². The van der Waals surface area contributed by atoms with Crippen LogP contribution in [0.2, 0.25) is 5.02 Å². The minimum absolute atomic E-state index is 0.0104. The minimum atomic E-state index is -4.70. The van der Waals surface area contributed by atoms with Crippen molar-refractivity contribution in [2.24, 2.45) is 0 Å². The molecule has 1 aliphatic rings. The number of hydrogen-bond acceptors (Lipinski definition) is 4. The molecule has 0 saturated heterocycles. The number of halogens is 4. The van der Waals surface area contributed by atoms with E-state index in [0.29, 0.717) is 21.0 Å². The van der Waals surface area contributed by atoms with Gasteiger partial charge in [-0.1, -0.05) is 49.1 Å². The summed E-state index contributed by atoms with van der Waals surface area (Å²) < 4.78 is 65.6. The fraction of sp³-hybridized carbons (Fsp3) is 0.462. The third-order valence-corrected chi connectivity index (χ3v) is 7.92. The maximum absolute atomic E-state index is 13.6. The summed E-state index contributed by atoms with van der Waals surface area (Å²) in [6, 6.07) is 9.37. The van der Waals surface area contributed by atoms with E-state index in [1.807, 2.05) is 0 Å². The highest BCUT2D eigenvalue weighted by atomic mass is 35.5. The predicted octanol–water partition coefficient (Wildman–Crippen LogP) is 4.99. The van der Waals surface area contributed by atoms with Gasteiger partial charge in [0, 0.05) is 17.6 Å². The van der Waals surface area contributed by atoms with Gasteiger partial charge in [-0.05, 0) is 55.7 Å². The number of benzene rings is 2. The molecule has 0 radical (unpaired) electrons. The third-order valence-electron chi connectivity index (χ3n) is 6.53. The average molecular weight is 574 g/mol. The van der Waals surface area contributed by atoms with E-state index < -0.39 is 40.3 Å². The van der Waals surface area contributed by atoms with Gasteiger partial charge < -0.3 is 10.2 Å². The molecule has 3 rings (SSSR count). The molecule has 12 heteroatoms. The number of carbonyl (C=O) groups excluding carboxylic acids is 2. The van der Waals surface area contributed by atoms with Crippen molar-refractivity contribution < 1.29 is 31.2 Å². The SMILES string of the molecule is C[C@@H](C(=O)NC1CCCCC1)N(Cc1ccc(Cl)cc1)C(=O)CN(c1cccc(C(F)(F)F)c1)S(C)(=O)=O. The van der Waals surface area contributed by atoms with Gasteiger partial charge in [0.05, 0.1) is 17.5 Å². The summed E-state index contributed by atoms with van der Waals surface area (Å²) in [7, 11) is -4.16. The first-order valence-corrected chi connectivity index (χ1v) is 14.5. The van der Waals surface area contributed by atoms with Crippen LogP contribution in [0.1, 0.15) is 50.2 Å². The van der Waals surface area contributed by atoms with Gasteiger partial charge in [-0.2, -0.15) is 13.2 Å². The fourth-order valence-corrected chi connectivity index (χ4v) is 5.36. The lowest BCUT2D eigenvalue weighted by Crippen LogP contribution is -2.53. The molecule has 0 aromatic heterocycles. The topological polar surface area (TPSA) is 86.8 Å². The van der Waals surface area contributed by atoms with E-state index in [0.717, 1.165) is 50.5 Å². The number of amides is 2. The highest BCUT2D eigenvalue weighted by molar-refractivity contribution is 7.92. The number of hydrogen-bond donors (Lipinski definition) is 1. The van der Waals surface area contributed by atoms with Crippen LogP contribution in [0.15, 0.2) is 48.5 Å². The summed E-state index contributed by atoms with van der Waals surface area (Å²) in [5, 5.41) is 3.45. The fourth-order valence-electron chi connectivity index (χ4n) is 4.39. The van der Waals surface area contributed by atoms with Crippen molar-refractivity contribution in [3.8, 4) is 0 Å². The zero-order chi connectivity index (χ0) is 28.1. The van der Waals surface area contributed by atoms with E-state index >= 15 is 0 Å². The van der Waals surface area contributed by atoms with Crippen LogP contribution in [0.3, 0.4) is 0 Å². The lowest BCUT2D eigenvalue weighted by molar-refractivity contribution is -0.139. The smallest absolute Gasteiger partial charge is 0.352 e. The first kappa shape index (κ1) is 29.8. The minimum Gasteiger partial charge on any atom is -0.352 e. The molecule has 2 amide bonds. The second kappa shape index (κ2) is 12.4. The van der Waals surface area contributed by atoms with Crippen LogP contribution in [-0.4, -0.2) is 50.0 Å². The summed E-state index contributed by atoms with van der Waals surface area (Å²) in [5.74, 6) is -1.13. The lowest BCUT2D eigenvalue weighted by Gasteiger charge is -2.33. The Bertz CT molecular complexity index is 1230. The maximum Gasteiger partial charge on any atom is 0.416 e. The van der Waals surface area contributed by atoms with Gasteiger partial charge in [-0.25, -0.2) is 8.42 Å². The Morgan fingerprint density at radius 3 is 2.29 bits per heavy atom. The van der Waals surface area contributed by atoms with Crippen molar-refractivity contribution in [2.75, 3.05) is 17.1 Å². The second-order valence-electron chi connectivity index (χ2n) is 9.49. The molecular formula is C26H31ClF3N3O4S. The average Bonchev–Trinajstić information content (AvgIpc) is 2.86. The Morgan fingerprint density at radius 2 is 1.71 bits per heavy atom. The molecule has 38 heavy (non-hydrogen) atoms. The predicted molar refractivity (Wildman–Crippen MR) is 140 cm³/mol. The van der Waals surface area contributed by atoms with Crippen LogP contribution in [0.4, 0.5) is 18.9 Å². The van der Waals surface area contributed by atoms with Crippen LogP contribution in [-0.2, 0) is 32.3 Å². The summed E-state index contributed by atoms with van der Waals surface area (Å²) in [4.78, 5) is 27.9. The molecule has 0 bridgehead atoms. The van der Waals surface area contributed by atoms with Crippen molar-refractivity contribution in [2.45, 2.75) is 63.8 Å². The molecular weight excluding hydrogens is 543 g/mol. The number of rotatable bonds is 9. The molecule has 0 heterocycles. The largest absolute Gasteiger partial charge is 0.416 e. The van der Waals surface area contributed by atoms with Crippen molar-refractivity contribution in [3.05, 3.63) is 64.7 Å². The zero-order valence-electron chi connectivity index (χ0n) is 21.2. The van der Waals surface area contributed by atoms with E-state index in [9.17, 15) is 31.2 Å². The van der Waals surface area contributed by atoms with Crippen LogP contribution in [0, 0.1) is 0 Å². The Labute approximate surface area is 226 Å². The molecule has 2 aromatic rings. The normalized spacial score (nSPS) is 15.5. The van der Waals surface area contributed by atoms with Gasteiger partial charge in [-0.15, -0.1) is 0 Å². The first-order valence-electron chi connectivity index (χ1n) is 12.2. The number of nitrogens with zero attached hydrogens (tertiary/aromatic N) is 2. The molecule has 7 nitrogen and oxygen atoms in total. The lowest BCUT2D eigenvalue weighted by atomic mass is 9.95. The highest BCUT2D eigenvalue weighted by Crippen LogP contribution is 2.32. The first-order chi connectivity index (χ1) is 17.8. The zero-order valence-corrected chi connectivity index (χ0v) is 22.7. The van der Waals surface area contributed by atoms with Gasteiger partial charge >= 0.3 is 6.18 Å². The van der Waals surface area contributed by atoms with Crippen LogP contribution in [0.5, 0.6) is 0 Å². The number of anilines is 1. The number of alkyl halides is 3. The quantitative estimate of drug-likeness (QED) is 0.458. The molecule has 1 fully saturated rings. The molecule has 208 valence electrons. The molecule has 1 saturated carbocycles. The van der Waals surface area contributed by atoms with Crippen LogP contribution < -0.4 is 9.62 Å². The molecule has 0 aliphatic heterocycles. The number of sulfonamides is 1. The highest BCUT2D eigenvalue weighted by Gasteiger charge is 2.34. The molecule has 1 N–H and O–H groups in total. The summed E-state index contributed by atoms with van der Waals surface area (Å²) in [6.07, 6.45) is 0.862. The van der Waals surface area contributed by atoms with Crippen molar-refractivity contribution in [1.29, 1.82) is 0 Å². The molecule has 1 aliphatic carbocycles. The molecule has 0 unspecified atom stereocenters. The Hall–Kier alpha value is -2.79. The van der Waals surface area contributed by atoms with Crippen LogP contribution in [0.25, 0.3) is 0 Å². The third kappa shape index (κ3) is 8.10. The van der Waals surface area contributed by atoms with Crippen molar-refractivity contribution in [3.63, 3.8) is 0 Å². The van der Waals surface area contributed by atoms with Gasteiger partial charge in [0.1, 0.15) is 12.6 Å². The summed E-state index contributed by atoms with van der Waals surface area (Å²) in [6.45, 7) is 0.727. The molecule has 1 atom stereocenters. The molecule has 2 aromatic carbocycles. The van der Waals surface area contributed by atoms with E-state index in [4.69, 9.17) is 11.6 Å². The Morgan fingerprint density at radius 1 is 1.08 bits per heavy atom. The van der Waals surface area contributed by atoms with Gasteiger partial charge in [0.2, 0.25) is 21.8 Å². The van der Waals surface area contributed by atoms with Crippen molar-refractivity contribution >= 4 is 39.1 Å². The van der Waals surface area contributed by atoms with Gasteiger partial charge in [0.25, 0.3) is 0 Å². The summed E-state index contributed by atoms with van der Waals surface area (Å²) >= 11 is 5.97. The molecule has 0 spiro atoms. The number of nitrogens with one attached hydrogen (secondary N) is 1.